The predicted octanol–water partition coefficient (Wildman–Crippen LogP) is 4.19. The summed E-state index contributed by atoms with van der Waals surface area (Å²) in [5.41, 5.74) is 5.62. The molecule has 12 unspecified atom stereocenters. The smallest absolute Gasteiger partial charge is 0.303 e. The van der Waals surface area contributed by atoms with Crippen LogP contribution in [0.25, 0.3) is 0 Å². The molecule has 0 radical (unpaired) electrons. The molecule has 39 heavy (non-hydrogen) atoms. The van der Waals surface area contributed by atoms with Crippen molar-refractivity contribution in [1.29, 1.82) is 0 Å². The van der Waals surface area contributed by atoms with E-state index in [2.05, 4.69) is 27.7 Å². The van der Waals surface area contributed by atoms with Crippen LogP contribution in [0.5, 0.6) is 0 Å². The molecule has 0 aromatic carbocycles. The number of carbonyl (C=O) groups excluding carboxylic acids is 1. The van der Waals surface area contributed by atoms with Gasteiger partial charge in [0.2, 0.25) is 0 Å². The minimum Gasteiger partial charge on any atom is -0.457 e. The molecule has 12 atom stereocenters. The first-order chi connectivity index (χ1) is 18.0. The van der Waals surface area contributed by atoms with Gasteiger partial charge in [-0.3, -0.25) is 4.79 Å². The third kappa shape index (κ3) is 4.52. The van der Waals surface area contributed by atoms with E-state index in [1.807, 2.05) is 0 Å². The molecular formula is C32H55NO6. The molecular weight excluding hydrogens is 494 g/mol. The van der Waals surface area contributed by atoms with Crippen molar-refractivity contribution in [3.63, 3.8) is 0 Å². The van der Waals surface area contributed by atoms with Crippen LogP contribution in [0, 0.1) is 45.3 Å². The summed E-state index contributed by atoms with van der Waals surface area (Å²) in [6.07, 6.45) is 6.73. The van der Waals surface area contributed by atoms with Gasteiger partial charge in [0.25, 0.3) is 0 Å². The SMILES string of the molecule is CC(=O)OC(C1CC(C)C2C(O1)C(O)CC2(C)CCC12CC13CCC(O)C(C)(C)C3CCC2CN)C(C)(C)O. The molecule has 4 aliphatic carbocycles. The molecule has 224 valence electrons. The van der Waals surface area contributed by atoms with Gasteiger partial charge < -0.3 is 30.5 Å². The van der Waals surface area contributed by atoms with Crippen LogP contribution in [-0.2, 0) is 14.3 Å². The average Bonchev–Trinajstić information content (AvgIpc) is 3.43. The lowest BCUT2D eigenvalue weighted by Crippen LogP contribution is -2.55. The van der Waals surface area contributed by atoms with Crippen molar-refractivity contribution in [2.24, 2.45) is 51.1 Å². The Morgan fingerprint density at radius 3 is 2.46 bits per heavy atom. The lowest BCUT2D eigenvalue weighted by Gasteiger charge is -2.54. The van der Waals surface area contributed by atoms with Gasteiger partial charge >= 0.3 is 5.97 Å². The zero-order valence-corrected chi connectivity index (χ0v) is 25.4. The van der Waals surface area contributed by atoms with Crippen molar-refractivity contribution in [3.8, 4) is 0 Å². The molecule has 5 aliphatic rings. The molecule has 7 heteroatoms. The van der Waals surface area contributed by atoms with Crippen molar-refractivity contribution in [2.45, 2.75) is 142 Å². The van der Waals surface area contributed by atoms with Crippen LogP contribution < -0.4 is 5.73 Å². The predicted molar refractivity (Wildman–Crippen MR) is 150 cm³/mol. The zero-order valence-electron chi connectivity index (χ0n) is 25.4. The van der Waals surface area contributed by atoms with E-state index in [1.54, 1.807) is 13.8 Å². The van der Waals surface area contributed by atoms with Crippen LogP contribution in [0.1, 0.15) is 106 Å². The van der Waals surface area contributed by atoms with Crippen LogP contribution >= 0.6 is 0 Å². The second-order valence-electron chi connectivity index (χ2n) is 15.9. The lowest BCUT2D eigenvalue weighted by molar-refractivity contribution is -0.216. The van der Waals surface area contributed by atoms with E-state index < -0.39 is 29.9 Å². The number of carbonyl (C=O) groups is 1. The molecule has 0 aromatic heterocycles. The van der Waals surface area contributed by atoms with E-state index in [1.165, 1.54) is 19.8 Å². The Labute approximate surface area is 235 Å². The molecule has 5 N–H and O–H groups in total. The Morgan fingerprint density at radius 2 is 1.85 bits per heavy atom. The molecule has 0 aromatic rings. The summed E-state index contributed by atoms with van der Waals surface area (Å²) in [4.78, 5) is 11.8. The van der Waals surface area contributed by atoms with Crippen molar-refractivity contribution in [1.82, 2.24) is 0 Å². The Kier molecular flexibility index (Phi) is 7.36. The molecule has 1 saturated heterocycles. The van der Waals surface area contributed by atoms with Gasteiger partial charge in [-0.15, -0.1) is 0 Å². The Balaban J connectivity index is 1.35. The number of aliphatic hydroxyl groups excluding tert-OH is 2. The fraction of sp³-hybridized carbons (Fsp3) is 0.969. The maximum absolute atomic E-state index is 11.8. The minimum absolute atomic E-state index is 0.0577. The van der Waals surface area contributed by atoms with Crippen molar-refractivity contribution in [3.05, 3.63) is 0 Å². The van der Waals surface area contributed by atoms with Gasteiger partial charge in [-0.1, -0.05) is 27.7 Å². The Morgan fingerprint density at radius 1 is 1.15 bits per heavy atom. The van der Waals surface area contributed by atoms with E-state index in [0.29, 0.717) is 30.1 Å². The first-order valence-corrected chi connectivity index (χ1v) is 15.6. The van der Waals surface area contributed by atoms with Gasteiger partial charge in [-0.05, 0) is 124 Å². The molecule has 0 amide bonds. The van der Waals surface area contributed by atoms with Gasteiger partial charge in [0, 0.05) is 6.92 Å². The minimum atomic E-state index is -1.24. The quantitative estimate of drug-likeness (QED) is 0.351. The standard InChI is InChI=1S/C32H55NO6/c1-18-14-22(27(29(5,6)37)38-19(2)34)39-26-21(35)15-30(7,25(18)26)12-13-31-17-32(31)11-10-24(36)28(3,4)23(32)9-8-20(31)16-33/h18,20-27,35-37H,8-17,33H2,1-7H3. The number of nitrogens with two attached hydrogens (primary N) is 1. The van der Waals surface area contributed by atoms with Crippen molar-refractivity contribution < 1.29 is 29.6 Å². The van der Waals surface area contributed by atoms with Gasteiger partial charge in [0.15, 0.2) is 6.10 Å². The highest BCUT2D eigenvalue weighted by Gasteiger charge is 2.77. The maximum Gasteiger partial charge on any atom is 0.303 e. The molecule has 0 bridgehead atoms. The van der Waals surface area contributed by atoms with Crippen LogP contribution in [0.15, 0.2) is 0 Å². The highest BCUT2D eigenvalue weighted by Crippen LogP contribution is 2.83. The summed E-state index contributed by atoms with van der Waals surface area (Å²) in [5.74, 6) is 1.11. The molecule has 5 fully saturated rings. The molecule has 1 spiro atoms. The summed E-state index contributed by atoms with van der Waals surface area (Å²) in [7, 11) is 0. The van der Waals surface area contributed by atoms with Crippen LogP contribution in [0.3, 0.4) is 0 Å². The summed E-state index contributed by atoms with van der Waals surface area (Å²) >= 11 is 0. The summed E-state index contributed by atoms with van der Waals surface area (Å²) in [6, 6.07) is 0. The van der Waals surface area contributed by atoms with E-state index in [4.69, 9.17) is 15.2 Å². The van der Waals surface area contributed by atoms with Crippen LogP contribution in [0.2, 0.25) is 0 Å². The topological polar surface area (TPSA) is 122 Å². The van der Waals surface area contributed by atoms with E-state index in [0.717, 1.165) is 38.6 Å². The van der Waals surface area contributed by atoms with Crippen molar-refractivity contribution in [2.75, 3.05) is 6.54 Å². The number of aliphatic hydroxyl groups is 3. The van der Waals surface area contributed by atoms with E-state index in [9.17, 15) is 20.1 Å². The van der Waals surface area contributed by atoms with Crippen LogP contribution in [0.4, 0.5) is 0 Å². The van der Waals surface area contributed by atoms with Crippen LogP contribution in [-0.4, -0.2) is 64.0 Å². The summed E-state index contributed by atoms with van der Waals surface area (Å²) in [6.45, 7) is 14.5. The number of rotatable bonds is 7. The fourth-order valence-corrected chi connectivity index (χ4v) is 11.1. The molecule has 4 saturated carbocycles. The van der Waals surface area contributed by atoms with Gasteiger partial charge in [-0.2, -0.15) is 0 Å². The maximum atomic E-state index is 11.8. The number of ether oxygens (including phenoxy) is 2. The van der Waals surface area contributed by atoms with E-state index in [-0.39, 0.29) is 40.3 Å². The summed E-state index contributed by atoms with van der Waals surface area (Å²) in [5, 5.41) is 33.0. The first kappa shape index (κ1) is 29.8. The first-order valence-electron chi connectivity index (χ1n) is 15.6. The summed E-state index contributed by atoms with van der Waals surface area (Å²) < 4.78 is 12.1. The number of fused-ring (bicyclic) bond motifs is 1. The van der Waals surface area contributed by atoms with Gasteiger partial charge in [0.1, 0.15) is 0 Å². The third-order valence-corrected chi connectivity index (χ3v) is 12.9. The number of hydrogen-bond donors (Lipinski definition) is 4. The fourth-order valence-electron chi connectivity index (χ4n) is 11.1. The molecule has 1 heterocycles. The molecule has 7 nitrogen and oxygen atoms in total. The number of hydrogen-bond acceptors (Lipinski definition) is 7. The normalized spacial score (nSPS) is 49.4. The second-order valence-corrected chi connectivity index (χ2v) is 15.9. The van der Waals surface area contributed by atoms with Gasteiger partial charge in [0.05, 0.1) is 30.0 Å². The highest BCUT2D eigenvalue weighted by molar-refractivity contribution is 5.66. The lowest BCUT2D eigenvalue weighted by atomic mass is 9.51. The molecule has 1 aliphatic heterocycles. The Hall–Kier alpha value is -0.730. The molecule has 5 rings (SSSR count). The number of esters is 1. The second kappa shape index (κ2) is 9.65. The average molecular weight is 550 g/mol. The van der Waals surface area contributed by atoms with Crippen molar-refractivity contribution >= 4 is 5.97 Å². The van der Waals surface area contributed by atoms with E-state index >= 15 is 0 Å². The highest BCUT2D eigenvalue weighted by atomic mass is 16.6. The largest absolute Gasteiger partial charge is 0.457 e. The zero-order chi connectivity index (χ0) is 28.8. The third-order valence-electron chi connectivity index (χ3n) is 12.9. The Bertz CT molecular complexity index is 947. The van der Waals surface area contributed by atoms with Gasteiger partial charge in [-0.25, -0.2) is 0 Å². The monoisotopic (exact) mass is 549 g/mol.